The summed E-state index contributed by atoms with van der Waals surface area (Å²) in [4.78, 5) is 11.5. The molecule has 0 saturated carbocycles. The van der Waals surface area contributed by atoms with Crippen molar-refractivity contribution in [2.75, 3.05) is 6.54 Å². The van der Waals surface area contributed by atoms with E-state index in [9.17, 15) is 9.90 Å². The Kier molecular flexibility index (Phi) is 3.86. The van der Waals surface area contributed by atoms with E-state index in [1.807, 2.05) is 19.9 Å². The Morgan fingerprint density at radius 1 is 1.47 bits per heavy atom. The van der Waals surface area contributed by atoms with Gasteiger partial charge in [0.2, 0.25) is 0 Å². The number of carbonyl (C=O) groups is 1. The van der Waals surface area contributed by atoms with Crippen molar-refractivity contribution in [2.45, 2.75) is 26.2 Å². The molecule has 0 aliphatic carbocycles. The molecule has 0 amide bonds. The lowest BCUT2D eigenvalue weighted by Gasteiger charge is -2.08. The van der Waals surface area contributed by atoms with Gasteiger partial charge in [0.15, 0.2) is 5.78 Å². The lowest BCUT2D eigenvalue weighted by atomic mass is 9.99. The van der Waals surface area contributed by atoms with Crippen LogP contribution in [0.1, 0.15) is 42.1 Å². The van der Waals surface area contributed by atoms with Crippen LogP contribution in [0.5, 0.6) is 5.75 Å². The highest BCUT2D eigenvalue weighted by Gasteiger charge is 2.11. The lowest BCUT2D eigenvalue weighted by molar-refractivity contribution is 0.0983. The molecular weight excluding hydrogens is 190 g/mol. The van der Waals surface area contributed by atoms with Gasteiger partial charge in [0.05, 0.1) is 5.56 Å². The number of Topliss-reactive ketones (excluding diaryl/α,β-unsaturated/α-hetero) is 1. The van der Waals surface area contributed by atoms with E-state index >= 15 is 0 Å². The zero-order valence-corrected chi connectivity index (χ0v) is 9.16. The third-order valence-corrected chi connectivity index (χ3v) is 2.36. The predicted octanol–water partition coefficient (Wildman–Crippen LogP) is 2.05. The van der Waals surface area contributed by atoms with E-state index in [1.165, 1.54) is 0 Å². The Balaban J connectivity index is 2.98. The Bertz CT molecular complexity index is 359. The zero-order valence-electron chi connectivity index (χ0n) is 9.16. The quantitative estimate of drug-likeness (QED) is 0.743. The summed E-state index contributed by atoms with van der Waals surface area (Å²) in [6.45, 7) is 4.39. The van der Waals surface area contributed by atoms with Gasteiger partial charge in [0.1, 0.15) is 5.75 Å². The van der Waals surface area contributed by atoms with E-state index in [-0.39, 0.29) is 18.0 Å². The number of benzene rings is 1. The van der Waals surface area contributed by atoms with Crippen molar-refractivity contribution in [3.8, 4) is 5.75 Å². The summed E-state index contributed by atoms with van der Waals surface area (Å²) < 4.78 is 0. The first-order valence-electron chi connectivity index (χ1n) is 5.12. The molecule has 0 aromatic heterocycles. The van der Waals surface area contributed by atoms with Gasteiger partial charge in [-0.1, -0.05) is 19.9 Å². The van der Waals surface area contributed by atoms with Crippen molar-refractivity contribution in [1.82, 2.24) is 0 Å². The minimum Gasteiger partial charge on any atom is -0.507 e. The minimum atomic E-state index is -0.106. The van der Waals surface area contributed by atoms with Gasteiger partial charge >= 0.3 is 0 Å². The number of aromatic hydroxyl groups is 1. The maximum absolute atomic E-state index is 11.5. The molecule has 0 aliphatic heterocycles. The van der Waals surface area contributed by atoms with E-state index in [4.69, 9.17) is 5.73 Å². The maximum atomic E-state index is 11.5. The second-order valence-electron chi connectivity index (χ2n) is 3.89. The molecule has 0 radical (unpaired) electrons. The molecule has 1 rings (SSSR count). The minimum absolute atomic E-state index is 0.0552. The molecule has 0 saturated heterocycles. The van der Waals surface area contributed by atoms with Crippen molar-refractivity contribution in [1.29, 1.82) is 0 Å². The molecular formula is C12H17NO2. The van der Waals surface area contributed by atoms with E-state index in [0.717, 1.165) is 5.56 Å². The third kappa shape index (κ3) is 2.80. The highest BCUT2D eigenvalue weighted by Crippen LogP contribution is 2.24. The molecule has 0 heterocycles. The first-order valence-corrected chi connectivity index (χ1v) is 5.12. The van der Waals surface area contributed by atoms with Gasteiger partial charge in [-0.05, 0) is 30.2 Å². The second-order valence-corrected chi connectivity index (χ2v) is 3.89. The highest BCUT2D eigenvalue weighted by atomic mass is 16.3. The molecule has 0 unspecified atom stereocenters. The fourth-order valence-corrected chi connectivity index (χ4v) is 1.41. The Morgan fingerprint density at radius 2 is 2.13 bits per heavy atom. The maximum Gasteiger partial charge on any atom is 0.167 e. The topological polar surface area (TPSA) is 63.3 Å². The van der Waals surface area contributed by atoms with Crippen molar-refractivity contribution in [3.05, 3.63) is 29.3 Å². The summed E-state index contributed by atoms with van der Waals surface area (Å²) >= 11 is 0. The fourth-order valence-electron chi connectivity index (χ4n) is 1.41. The van der Waals surface area contributed by atoms with E-state index < -0.39 is 0 Å². The summed E-state index contributed by atoms with van der Waals surface area (Å²) in [5.41, 5.74) is 6.68. The summed E-state index contributed by atoms with van der Waals surface area (Å²) in [5.74, 6) is 0.291. The first kappa shape index (κ1) is 11.7. The number of carbonyl (C=O) groups excluding carboxylic acids is 1. The fraction of sp³-hybridized carbons (Fsp3) is 0.417. The molecule has 1 aromatic carbocycles. The third-order valence-electron chi connectivity index (χ3n) is 2.36. The number of nitrogens with two attached hydrogens (primary N) is 1. The molecule has 82 valence electrons. The molecule has 0 fully saturated rings. The van der Waals surface area contributed by atoms with Gasteiger partial charge in [0.25, 0.3) is 0 Å². The van der Waals surface area contributed by atoms with Gasteiger partial charge < -0.3 is 10.8 Å². The standard InChI is InChI=1S/C12H17NO2/c1-8(2)9-3-4-10(12(15)7-9)11(14)5-6-13/h3-4,7-8,15H,5-6,13H2,1-2H3. The Morgan fingerprint density at radius 3 is 2.60 bits per heavy atom. The molecule has 1 aromatic rings. The molecule has 15 heavy (non-hydrogen) atoms. The van der Waals surface area contributed by atoms with Crippen LogP contribution in [0.25, 0.3) is 0 Å². The van der Waals surface area contributed by atoms with Gasteiger partial charge in [-0.2, -0.15) is 0 Å². The average molecular weight is 207 g/mol. The summed E-state index contributed by atoms with van der Waals surface area (Å²) in [6.07, 6.45) is 0.272. The number of phenolic OH excluding ortho intramolecular Hbond substituents is 1. The smallest absolute Gasteiger partial charge is 0.167 e. The van der Waals surface area contributed by atoms with Crippen LogP contribution in [0, 0.1) is 0 Å². The second kappa shape index (κ2) is 4.94. The summed E-state index contributed by atoms with van der Waals surface area (Å²) in [6, 6.07) is 5.19. The van der Waals surface area contributed by atoms with Crippen LogP contribution in [0.15, 0.2) is 18.2 Å². The van der Waals surface area contributed by atoms with Crippen molar-refractivity contribution >= 4 is 5.78 Å². The Hall–Kier alpha value is -1.35. The molecule has 3 N–H and O–H groups in total. The number of hydrogen-bond donors (Lipinski definition) is 2. The molecule has 0 bridgehead atoms. The molecule has 0 spiro atoms. The molecule has 0 atom stereocenters. The SMILES string of the molecule is CC(C)c1ccc(C(=O)CCN)c(O)c1. The number of phenols is 1. The van der Waals surface area contributed by atoms with Gasteiger partial charge in [-0.3, -0.25) is 4.79 Å². The van der Waals surface area contributed by atoms with Crippen LogP contribution < -0.4 is 5.73 Å². The largest absolute Gasteiger partial charge is 0.507 e. The van der Waals surface area contributed by atoms with Crippen molar-refractivity contribution in [2.24, 2.45) is 5.73 Å². The highest BCUT2D eigenvalue weighted by molar-refractivity contribution is 5.98. The number of hydrogen-bond acceptors (Lipinski definition) is 3. The van der Waals surface area contributed by atoms with Crippen molar-refractivity contribution in [3.63, 3.8) is 0 Å². The summed E-state index contributed by atoms with van der Waals surface area (Å²) in [7, 11) is 0. The lowest BCUT2D eigenvalue weighted by Crippen LogP contribution is -2.08. The van der Waals surface area contributed by atoms with Crippen LogP contribution in [-0.4, -0.2) is 17.4 Å². The van der Waals surface area contributed by atoms with Gasteiger partial charge in [0, 0.05) is 6.42 Å². The van der Waals surface area contributed by atoms with Crippen LogP contribution in [0.2, 0.25) is 0 Å². The zero-order chi connectivity index (χ0) is 11.4. The van der Waals surface area contributed by atoms with Crippen LogP contribution >= 0.6 is 0 Å². The van der Waals surface area contributed by atoms with Crippen LogP contribution in [0.3, 0.4) is 0 Å². The van der Waals surface area contributed by atoms with E-state index in [2.05, 4.69) is 0 Å². The number of rotatable bonds is 4. The van der Waals surface area contributed by atoms with Gasteiger partial charge in [-0.25, -0.2) is 0 Å². The van der Waals surface area contributed by atoms with Crippen molar-refractivity contribution < 1.29 is 9.90 Å². The van der Waals surface area contributed by atoms with E-state index in [1.54, 1.807) is 12.1 Å². The normalized spacial score (nSPS) is 10.7. The average Bonchev–Trinajstić information content (AvgIpc) is 2.17. The van der Waals surface area contributed by atoms with Gasteiger partial charge in [-0.15, -0.1) is 0 Å². The van der Waals surface area contributed by atoms with Crippen LogP contribution in [-0.2, 0) is 0 Å². The monoisotopic (exact) mass is 207 g/mol. The molecule has 3 nitrogen and oxygen atoms in total. The molecule has 0 aliphatic rings. The van der Waals surface area contributed by atoms with Crippen LogP contribution in [0.4, 0.5) is 0 Å². The Labute approximate surface area is 89.9 Å². The predicted molar refractivity (Wildman–Crippen MR) is 60.2 cm³/mol. The molecule has 3 heteroatoms. The van der Waals surface area contributed by atoms with E-state index in [0.29, 0.717) is 18.0 Å². The summed E-state index contributed by atoms with van der Waals surface area (Å²) in [5, 5.41) is 9.68. The number of ketones is 1. The first-order chi connectivity index (χ1) is 7.06.